The zero-order valence-corrected chi connectivity index (χ0v) is 11.3. The molecule has 0 N–H and O–H groups in total. The van der Waals surface area contributed by atoms with Crippen LogP contribution in [-0.4, -0.2) is 43.5 Å². The molecule has 5 heteroatoms. The lowest BCUT2D eigenvalue weighted by Gasteiger charge is -2.32. The van der Waals surface area contributed by atoms with Crippen LogP contribution < -0.4 is 0 Å². The fourth-order valence-corrected chi connectivity index (χ4v) is 2.53. The standard InChI is InChI=1S/C13H23F2NO2/c1-3-16(8-6-12(17)18-2)10-11-5-4-7-13(14,15)9-11/h11H,3-10H2,1-2H3. The van der Waals surface area contributed by atoms with E-state index >= 15 is 0 Å². The third kappa shape index (κ3) is 5.29. The van der Waals surface area contributed by atoms with Gasteiger partial charge in [-0.2, -0.15) is 0 Å². The Hall–Kier alpha value is -0.710. The van der Waals surface area contributed by atoms with E-state index in [0.717, 1.165) is 13.0 Å². The summed E-state index contributed by atoms with van der Waals surface area (Å²) in [6.45, 7) is 4.01. The zero-order valence-electron chi connectivity index (χ0n) is 11.3. The molecule has 1 fully saturated rings. The van der Waals surface area contributed by atoms with Gasteiger partial charge in [-0.25, -0.2) is 8.78 Å². The van der Waals surface area contributed by atoms with Crippen LogP contribution in [0.1, 0.15) is 39.0 Å². The maximum atomic E-state index is 13.3. The lowest BCUT2D eigenvalue weighted by Crippen LogP contribution is -2.36. The first-order chi connectivity index (χ1) is 8.46. The predicted molar refractivity (Wildman–Crippen MR) is 65.7 cm³/mol. The number of carbonyl (C=O) groups is 1. The molecule has 1 atom stereocenters. The smallest absolute Gasteiger partial charge is 0.306 e. The average Bonchev–Trinajstić information content (AvgIpc) is 2.32. The van der Waals surface area contributed by atoms with Crippen molar-refractivity contribution >= 4 is 5.97 Å². The van der Waals surface area contributed by atoms with Gasteiger partial charge in [0.1, 0.15) is 0 Å². The Morgan fingerprint density at radius 3 is 2.78 bits per heavy atom. The predicted octanol–water partition coefficient (Wildman–Crippen LogP) is 2.70. The molecule has 1 aliphatic rings. The number of esters is 1. The van der Waals surface area contributed by atoms with E-state index in [-0.39, 0.29) is 24.7 Å². The van der Waals surface area contributed by atoms with E-state index < -0.39 is 5.92 Å². The number of halogens is 2. The summed E-state index contributed by atoms with van der Waals surface area (Å²) < 4.78 is 31.2. The first kappa shape index (κ1) is 15.3. The fourth-order valence-electron chi connectivity index (χ4n) is 2.53. The molecule has 0 aromatic heterocycles. The van der Waals surface area contributed by atoms with Crippen molar-refractivity contribution in [3.63, 3.8) is 0 Å². The minimum absolute atomic E-state index is 0.0122. The molecule has 0 bridgehead atoms. The van der Waals surface area contributed by atoms with E-state index in [4.69, 9.17) is 0 Å². The van der Waals surface area contributed by atoms with Gasteiger partial charge in [-0.15, -0.1) is 0 Å². The molecule has 3 nitrogen and oxygen atoms in total. The monoisotopic (exact) mass is 263 g/mol. The van der Waals surface area contributed by atoms with Crippen molar-refractivity contribution in [2.45, 2.75) is 45.0 Å². The minimum Gasteiger partial charge on any atom is -0.469 e. The molecule has 1 rings (SSSR count). The zero-order chi connectivity index (χ0) is 13.6. The second kappa shape index (κ2) is 7.02. The summed E-state index contributed by atoms with van der Waals surface area (Å²) in [4.78, 5) is 13.1. The van der Waals surface area contributed by atoms with Gasteiger partial charge in [-0.3, -0.25) is 4.79 Å². The van der Waals surface area contributed by atoms with Gasteiger partial charge in [-0.05, 0) is 25.3 Å². The van der Waals surface area contributed by atoms with E-state index in [1.165, 1.54) is 7.11 Å². The minimum atomic E-state index is -2.50. The third-order valence-electron chi connectivity index (χ3n) is 3.57. The van der Waals surface area contributed by atoms with Crippen LogP contribution in [0.2, 0.25) is 0 Å². The molecule has 0 spiro atoms. The van der Waals surface area contributed by atoms with Gasteiger partial charge in [0.2, 0.25) is 5.92 Å². The van der Waals surface area contributed by atoms with Crippen LogP contribution in [0.4, 0.5) is 8.78 Å². The molecular weight excluding hydrogens is 240 g/mol. The van der Waals surface area contributed by atoms with Crippen LogP contribution in [0.3, 0.4) is 0 Å². The van der Waals surface area contributed by atoms with Gasteiger partial charge >= 0.3 is 5.97 Å². The number of carbonyl (C=O) groups excluding carboxylic acids is 1. The van der Waals surface area contributed by atoms with Crippen molar-refractivity contribution in [1.29, 1.82) is 0 Å². The summed E-state index contributed by atoms with van der Waals surface area (Å²) in [6, 6.07) is 0. The van der Waals surface area contributed by atoms with Crippen molar-refractivity contribution < 1.29 is 18.3 Å². The molecule has 106 valence electrons. The first-order valence-corrected chi connectivity index (χ1v) is 6.64. The van der Waals surface area contributed by atoms with Crippen molar-refractivity contribution in [1.82, 2.24) is 4.90 Å². The molecule has 18 heavy (non-hydrogen) atoms. The van der Waals surface area contributed by atoms with E-state index in [0.29, 0.717) is 25.9 Å². The van der Waals surface area contributed by atoms with Crippen LogP contribution in [-0.2, 0) is 9.53 Å². The Labute approximate surface area is 107 Å². The second-order valence-corrected chi connectivity index (χ2v) is 5.04. The molecule has 0 aromatic carbocycles. The summed E-state index contributed by atoms with van der Waals surface area (Å²) in [5.74, 6) is -2.70. The SMILES string of the molecule is CCN(CCC(=O)OC)CC1CCCC(F)(F)C1. The Kier molecular flexibility index (Phi) is 5.99. The summed E-state index contributed by atoms with van der Waals surface area (Å²) in [5, 5.41) is 0. The molecule has 0 amide bonds. The number of hydrogen-bond donors (Lipinski definition) is 0. The Balaban J connectivity index is 2.35. The fraction of sp³-hybridized carbons (Fsp3) is 0.923. The van der Waals surface area contributed by atoms with Crippen molar-refractivity contribution in [3.05, 3.63) is 0 Å². The highest BCUT2D eigenvalue weighted by Crippen LogP contribution is 2.36. The summed E-state index contributed by atoms with van der Waals surface area (Å²) in [5.41, 5.74) is 0. The van der Waals surface area contributed by atoms with Crippen LogP contribution in [0.25, 0.3) is 0 Å². The molecule has 1 saturated carbocycles. The van der Waals surface area contributed by atoms with E-state index in [2.05, 4.69) is 9.64 Å². The molecule has 0 radical (unpaired) electrons. The normalized spacial score (nSPS) is 23.1. The van der Waals surface area contributed by atoms with Gasteiger partial charge < -0.3 is 9.64 Å². The van der Waals surface area contributed by atoms with Gasteiger partial charge in [0.25, 0.3) is 0 Å². The maximum Gasteiger partial charge on any atom is 0.306 e. The quantitative estimate of drug-likeness (QED) is 0.690. The Bertz CT molecular complexity index is 272. The lowest BCUT2D eigenvalue weighted by atomic mass is 9.86. The van der Waals surface area contributed by atoms with Crippen molar-refractivity contribution in [2.24, 2.45) is 5.92 Å². The average molecular weight is 263 g/mol. The molecule has 1 unspecified atom stereocenters. The number of ether oxygens (including phenoxy) is 1. The maximum absolute atomic E-state index is 13.3. The van der Waals surface area contributed by atoms with Gasteiger partial charge in [0.15, 0.2) is 0 Å². The molecule has 1 aliphatic carbocycles. The topological polar surface area (TPSA) is 29.5 Å². The number of rotatable bonds is 6. The largest absolute Gasteiger partial charge is 0.469 e. The van der Waals surface area contributed by atoms with Crippen LogP contribution in [0.5, 0.6) is 0 Å². The molecule has 0 heterocycles. The van der Waals surface area contributed by atoms with E-state index in [1.54, 1.807) is 0 Å². The van der Waals surface area contributed by atoms with Crippen molar-refractivity contribution in [2.75, 3.05) is 26.7 Å². The molecule has 0 aliphatic heterocycles. The third-order valence-corrected chi connectivity index (χ3v) is 3.57. The molecular formula is C13H23F2NO2. The van der Waals surface area contributed by atoms with Crippen molar-refractivity contribution in [3.8, 4) is 0 Å². The number of nitrogens with zero attached hydrogens (tertiary/aromatic N) is 1. The van der Waals surface area contributed by atoms with Crippen LogP contribution >= 0.6 is 0 Å². The lowest BCUT2D eigenvalue weighted by molar-refractivity contribution is -0.141. The number of alkyl halides is 2. The summed E-state index contributed by atoms with van der Waals surface area (Å²) >= 11 is 0. The first-order valence-electron chi connectivity index (χ1n) is 6.64. The highest BCUT2D eigenvalue weighted by molar-refractivity contribution is 5.69. The van der Waals surface area contributed by atoms with Gasteiger partial charge in [0, 0.05) is 25.9 Å². The highest BCUT2D eigenvalue weighted by atomic mass is 19.3. The number of hydrogen-bond acceptors (Lipinski definition) is 3. The van der Waals surface area contributed by atoms with E-state index in [1.807, 2.05) is 6.92 Å². The Morgan fingerprint density at radius 2 is 2.22 bits per heavy atom. The highest BCUT2D eigenvalue weighted by Gasteiger charge is 2.36. The number of methoxy groups -OCH3 is 1. The molecule has 0 aromatic rings. The van der Waals surface area contributed by atoms with Gasteiger partial charge in [-0.1, -0.05) is 6.92 Å². The Morgan fingerprint density at radius 1 is 1.50 bits per heavy atom. The summed E-state index contributed by atoms with van der Waals surface area (Å²) in [7, 11) is 1.36. The van der Waals surface area contributed by atoms with Crippen LogP contribution in [0.15, 0.2) is 0 Å². The summed E-state index contributed by atoms with van der Waals surface area (Å²) in [6.07, 6.45) is 1.81. The van der Waals surface area contributed by atoms with Crippen LogP contribution in [0, 0.1) is 5.92 Å². The van der Waals surface area contributed by atoms with E-state index in [9.17, 15) is 13.6 Å². The molecule has 0 saturated heterocycles. The van der Waals surface area contributed by atoms with Gasteiger partial charge in [0.05, 0.1) is 13.5 Å². The second-order valence-electron chi connectivity index (χ2n) is 5.04.